The predicted octanol–water partition coefficient (Wildman–Crippen LogP) is 1.31. The van der Waals surface area contributed by atoms with Crippen LogP contribution < -0.4 is 15.1 Å². The van der Waals surface area contributed by atoms with Gasteiger partial charge in [0.15, 0.2) is 11.0 Å². The van der Waals surface area contributed by atoms with Crippen molar-refractivity contribution in [1.82, 2.24) is 5.32 Å². The van der Waals surface area contributed by atoms with Gasteiger partial charge in [0.05, 0.1) is 31.9 Å². The highest BCUT2D eigenvalue weighted by Crippen LogP contribution is 2.23. The number of anilines is 1. The smallest absolute Gasteiger partial charge is 0.251 e. The summed E-state index contributed by atoms with van der Waals surface area (Å²) in [6.45, 7) is 8.17. The van der Waals surface area contributed by atoms with E-state index in [-0.39, 0.29) is 11.0 Å². The number of piperidine rings is 1. The Morgan fingerprint density at radius 3 is 2.54 bits per heavy atom. The van der Waals surface area contributed by atoms with Crippen molar-refractivity contribution in [3.05, 3.63) is 29.8 Å². The fraction of sp³-hybridized carbons (Fsp3) is 0.524. The molecule has 2 heterocycles. The molecule has 0 unspecified atom stereocenters. The topological polar surface area (TPSA) is 66.2 Å². The second-order valence-electron chi connectivity index (χ2n) is 7.81. The van der Waals surface area contributed by atoms with Crippen LogP contribution in [0.2, 0.25) is 0 Å². The van der Waals surface area contributed by atoms with Crippen molar-refractivity contribution in [2.75, 3.05) is 31.1 Å². The molecule has 0 radical (unpaired) electrons. The summed E-state index contributed by atoms with van der Waals surface area (Å²) >= 11 is 5.25. The molecule has 2 amide bonds. The Balaban J connectivity index is 1.66. The molecule has 0 spiro atoms. The van der Waals surface area contributed by atoms with E-state index in [4.69, 9.17) is 12.2 Å². The van der Waals surface area contributed by atoms with E-state index in [1.54, 1.807) is 4.90 Å². The summed E-state index contributed by atoms with van der Waals surface area (Å²) in [5.74, 6) is -1.29. The molecule has 6 nitrogen and oxygen atoms in total. The molecule has 1 atom stereocenters. The highest BCUT2D eigenvalue weighted by atomic mass is 32.1. The van der Waals surface area contributed by atoms with Crippen molar-refractivity contribution < 1.29 is 14.5 Å². The minimum Gasteiger partial charge on any atom is -0.333 e. The van der Waals surface area contributed by atoms with E-state index >= 15 is 0 Å². The first-order chi connectivity index (χ1) is 13.5. The van der Waals surface area contributed by atoms with E-state index in [2.05, 4.69) is 24.2 Å². The number of quaternary nitrogens is 1. The van der Waals surface area contributed by atoms with Gasteiger partial charge in [0, 0.05) is 6.21 Å². The number of carbonyl (C=O) groups excluding carboxylic acids is 2. The zero-order chi connectivity index (χ0) is 20.1. The third-order valence-corrected chi connectivity index (χ3v) is 5.71. The van der Waals surface area contributed by atoms with Crippen LogP contribution in [-0.4, -0.2) is 49.3 Å². The van der Waals surface area contributed by atoms with Crippen molar-refractivity contribution in [1.29, 1.82) is 0 Å². The zero-order valence-electron chi connectivity index (χ0n) is 16.6. The average Bonchev–Trinajstić information content (AvgIpc) is 2.68. The van der Waals surface area contributed by atoms with Crippen LogP contribution in [0.4, 0.5) is 5.69 Å². The first kappa shape index (κ1) is 20.6. The number of hydrogen-bond donors (Lipinski definition) is 2. The third kappa shape index (κ3) is 4.83. The Morgan fingerprint density at radius 1 is 1.21 bits per heavy atom. The summed E-state index contributed by atoms with van der Waals surface area (Å²) in [5, 5.41) is 2.76. The fourth-order valence-corrected chi connectivity index (χ4v) is 3.97. The minimum atomic E-state index is -0.937. The van der Waals surface area contributed by atoms with Crippen LogP contribution in [0, 0.1) is 5.92 Å². The number of nitrogens with one attached hydrogen (secondary N) is 2. The molecule has 3 rings (SSSR count). The normalized spacial score (nSPS) is 21.6. The van der Waals surface area contributed by atoms with E-state index in [1.807, 2.05) is 24.3 Å². The van der Waals surface area contributed by atoms with Gasteiger partial charge in [-0.25, -0.2) is 0 Å². The summed E-state index contributed by atoms with van der Waals surface area (Å²) in [7, 11) is 0. The van der Waals surface area contributed by atoms with Crippen molar-refractivity contribution in [2.45, 2.75) is 39.0 Å². The summed E-state index contributed by atoms with van der Waals surface area (Å²) in [6.07, 6.45) is 5.34. The number of rotatable bonds is 6. The van der Waals surface area contributed by atoms with Gasteiger partial charge in [-0.3, -0.25) is 19.5 Å². The van der Waals surface area contributed by atoms with Gasteiger partial charge in [-0.1, -0.05) is 26.0 Å². The standard InChI is InChI=1S/C21H28N4O2S/c1-15(2)16-6-8-17(9-7-16)25-20(27)18(19(26)23-21(25)28)14-22-10-13-24-11-4-3-5-12-24/h6-9,14-15,18H,3-5,10-13H2,1-2H3,(H,23,26,28)/p+1/t18-/m1/s1. The van der Waals surface area contributed by atoms with E-state index < -0.39 is 11.8 Å². The lowest BCUT2D eigenvalue weighted by Gasteiger charge is -2.31. The van der Waals surface area contributed by atoms with Crippen LogP contribution in [0.15, 0.2) is 29.3 Å². The number of nitrogens with zero attached hydrogens (tertiary/aromatic N) is 2. The van der Waals surface area contributed by atoms with E-state index in [0.717, 1.165) is 6.54 Å². The molecule has 28 heavy (non-hydrogen) atoms. The second-order valence-corrected chi connectivity index (χ2v) is 8.19. The van der Waals surface area contributed by atoms with Crippen LogP contribution in [-0.2, 0) is 9.59 Å². The van der Waals surface area contributed by atoms with Gasteiger partial charge in [-0.15, -0.1) is 0 Å². The average molecular weight is 402 g/mol. The molecular weight excluding hydrogens is 372 g/mol. The fourth-order valence-electron chi connectivity index (χ4n) is 3.68. The monoisotopic (exact) mass is 401 g/mol. The van der Waals surface area contributed by atoms with Crippen LogP contribution >= 0.6 is 12.2 Å². The minimum absolute atomic E-state index is 0.120. The number of hydrogen-bond acceptors (Lipinski definition) is 4. The molecule has 1 aromatic rings. The molecule has 1 aromatic carbocycles. The van der Waals surface area contributed by atoms with Crippen molar-refractivity contribution in [3.8, 4) is 0 Å². The third-order valence-electron chi connectivity index (χ3n) is 5.43. The van der Waals surface area contributed by atoms with Crippen LogP contribution in [0.5, 0.6) is 0 Å². The molecule has 0 aliphatic carbocycles. The molecule has 7 heteroatoms. The van der Waals surface area contributed by atoms with Gasteiger partial charge in [-0.2, -0.15) is 0 Å². The Hall–Kier alpha value is -2.12. The highest BCUT2D eigenvalue weighted by molar-refractivity contribution is 7.80. The number of thiocarbonyl (C=S) groups is 1. The molecule has 0 bridgehead atoms. The summed E-state index contributed by atoms with van der Waals surface area (Å²) in [4.78, 5) is 32.6. The highest BCUT2D eigenvalue weighted by Gasteiger charge is 2.38. The zero-order valence-corrected chi connectivity index (χ0v) is 17.4. The Morgan fingerprint density at radius 2 is 1.89 bits per heavy atom. The van der Waals surface area contributed by atoms with Gasteiger partial charge in [0.2, 0.25) is 5.91 Å². The molecule has 2 aliphatic rings. The predicted molar refractivity (Wildman–Crippen MR) is 115 cm³/mol. The van der Waals surface area contributed by atoms with Crippen LogP contribution in [0.25, 0.3) is 0 Å². The first-order valence-electron chi connectivity index (χ1n) is 10.1. The van der Waals surface area contributed by atoms with Gasteiger partial charge < -0.3 is 10.2 Å². The second kappa shape index (κ2) is 9.39. The SMILES string of the molecule is CC(C)c1ccc(N2C(=O)[C@H](C=NCC[NH+]3CCCCC3)C(=O)NC2=S)cc1. The number of amides is 2. The molecule has 150 valence electrons. The van der Waals surface area contributed by atoms with Crippen LogP contribution in [0.1, 0.15) is 44.6 Å². The molecule has 0 aromatic heterocycles. The Kier molecular flexibility index (Phi) is 6.91. The molecule has 2 saturated heterocycles. The van der Waals surface area contributed by atoms with Gasteiger partial charge >= 0.3 is 0 Å². The molecule has 2 N–H and O–H groups in total. The van der Waals surface area contributed by atoms with Crippen molar-refractivity contribution in [3.63, 3.8) is 0 Å². The number of carbonyl (C=O) groups is 2. The summed E-state index contributed by atoms with van der Waals surface area (Å²) < 4.78 is 0. The van der Waals surface area contributed by atoms with E-state index in [0.29, 0.717) is 18.2 Å². The molecule has 2 aliphatic heterocycles. The lowest BCUT2D eigenvalue weighted by molar-refractivity contribution is -0.903. The lowest BCUT2D eigenvalue weighted by atomic mass is 10.0. The Bertz CT molecular complexity index is 754. The maximum Gasteiger partial charge on any atom is 0.251 e. The lowest BCUT2D eigenvalue weighted by Crippen LogP contribution is -3.13. The van der Waals surface area contributed by atoms with Crippen molar-refractivity contribution >= 4 is 41.0 Å². The first-order valence-corrected chi connectivity index (χ1v) is 10.5. The maximum absolute atomic E-state index is 12.9. The summed E-state index contributed by atoms with van der Waals surface area (Å²) in [6, 6.07) is 7.70. The van der Waals surface area contributed by atoms with E-state index in [9.17, 15) is 9.59 Å². The number of aliphatic imine (C=N–C) groups is 1. The van der Waals surface area contributed by atoms with Gasteiger partial charge in [0.1, 0.15) is 0 Å². The van der Waals surface area contributed by atoms with E-state index in [1.165, 1.54) is 49.0 Å². The Labute approximate surface area is 172 Å². The molecule has 2 fully saturated rings. The van der Waals surface area contributed by atoms with Crippen LogP contribution in [0.3, 0.4) is 0 Å². The number of benzene rings is 1. The van der Waals surface area contributed by atoms with Gasteiger partial charge in [0.25, 0.3) is 5.91 Å². The number of likely N-dealkylation sites (tertiary alicyclic amines) is 1. The van der Waals surface area contributed by atoms with Crippen molar-refractivity contribution in [2.24, 2.45) is 10.9 Å². The maximum atomic E-state index is 12.9. The molecular formula is C21H29N4O2S+. The largest absolute Gasteiger partial charge is 0.333 e. The summed E-state index contributed by atoms with van der Waals surface area (Å²) in [5.41, 5.74) is 1.84. The quantitative estimate of drug-likeness (QED) is 0.429. The molecule has 0 saturated carbocycles. The van der Waals surface area contributed by atoms with Gasteiger partial charge in [-0.05, 0) is 55.1 Å².